The molecule has 0 amide bonds. The summed E-state index contributed by atoms with van der Waals surface area (Å²) in [5, 5.41) is 9.37. The van der Waals surface area contributed by atoms with Gasteiger partial charge in [0.25, 0.3) is 0 Å². The molecule has 3 rings (SSSR count). The molecule has 1 aromatic heterocycles. The number of benzene rings is 2. The molecule has 0 aliphatic rings. The number of nitrogens with zero attached hydrogens (tertiary/aromatic N) is 3. The zero-order valence-corrected chi connectivity index (χ0v) is 16.3. The largest absolute Gasteiger partial charge is 0.497 e. The number of hydrogen-bond acceptors (Lipinski definition) is 6. The Hall–Kier alpha value is -2.80. The zero-order chi connectivity index (χ0) is 19.2. The van der Waals surface area contributed by atoms with Gasteiger partial charge in [0.05, 0.1) is 31.2 Å². The van der Waals surface area contributed by atoms with Crippen LogP contribution in [-0.4, -0.2) is 40.5 Å². The summed E-state index contributed by atoms with van der Waals surface area (Å²) in [4.78, 5) is 11.8. The SMILES string of the molecule is CCC(=O)CSc1nnc(-c2ccccc2OC)n1-c1ccc(OC)cc1. The van der Waals surface area contributed by atoms with Crippen LogP contribution >= 0.6 is 11.8 Å². The van der Waals surface area contributed by atoms with Crippen LogP contribution in [0.3, 0.4) is 0 Å². The van der Waals surface area contributed by atoms with Gasteiger partial charge in [0.2, 0.25) is 0 Å². The van der Waals surface area contributed by atoms with Gasteiger partial charge in [-0.1, -0.05) is 30.8 Å². The monoisotopic (exact) mass is 383 g/mol. The molecule has 140 valence electrons. The summed E-state index contributed by atoms with van der Waals surface area (Å²) >= 11 is 1.38. The van der Waals surface area contributed by atoms with Crippen LogP contribution in [0, 0.1) is 0 Å². The number of thioether (sulfide) groups is 1. The number of methoxy groups -OCH3 is 2. The molecule has 0 fully saturated rings. The van der Waals surface area contributed by atoms with E-state index in [1.165, 1.54) is 11.8 Å². The highest BCUT2D eigenvalue weighted by Crippen LogP contribution is 2.33. The van der Waals surface area contributed by atoms with E-state index >= 15 is 0 Å². The molecule has 0 aliphatic carbocycles. The lowest BCUT2D eigenvalue weighted by Crippen LogP contribution is -2.03. The van der Waals surface area contributed by atoms with E-state index in [0.717, 1.165) is 17.0 Å². The molecule has 0 atom stereocenters. The van der Waals surface area contributed by atoms with Crippen molar-refractivity contribution in [2.45, 2.75) is 18.5 Å². The predicted molar refractivity (Wildman–Crippen MR) is 106 cm³/mol. The van der Waals surface area contributed by atoms with Gasteiger partial charge in [-0.25, -0.2) is 0 Å². The molecule has 0 aliphatic heterocycles. The van der Waals surface area contributed by atoms with E-state index in [-0.39, 0.29) is 5.78 Å². The molecule has 0 bridgehead atoms. The molecule has 1 heterocycles. The van der Waals surface area contributed by atoms with Crippen molar-refractivity contribution in [1.29, 1.82) is 0 Å². The number of hydrogen-bond donors (Lipinski definition) is 0. The van der Waals surface area contributed by atoms with Crippen molar-refractivity contribution in [3.8, 4) is 28.6 Å². The van der Waals surface area contributed by atoms with Gasteiger partial charge < -0.3 is 9.47 Å². The Balaban J connectivity index is 2.10. The second-order valence-electron chi connectivity index (χ2n) is 5.72. The summed E-state index contributed by atoms with van der Waals surface area (Å²) < 4.78 is 12.7. The van der Waals surface area contributed by atoms with Crippen molar-refractivity contribution in [2.75, 3.05) is 20.0 Å². The van der Waals surface area contributed by atoms with Crippen LogP contribution in [0.15, 0.2) is 53.7 Å². The normalized spacial score (nSPS) is 10.6. The maximum Gasteiger partial charge on any atom is 0.196 e. The fourth-order valence-electron chi connectivity index (χ4n) is 2.58. The molecule has 27 heavy (non-hydrogen) atoms. The molecule has 0 radical (unpaired) electrons. The van der Waals surface area contributed by atoms with Gasteiger partial charge in [0.1, 0.15) is 17.3 Å². The maximum absolute atomic E-state index is 11.8. The molecule has 3 aromatic rings. The number of aromatic nitrogens is 3. The summed E-state index contributed by atoms with van der Waals surface area (Å²) in [5.74, 6) is 2.66. The third kappa shape index (κ3) is 4.14. The average molecular weight is 383 g/mol. The Kier molecular flexibility index (Phi) is 6.13. The third-order valence-electron chi connectivity index (χ3n) is 4.07. The molecular formula is C20H21N3O3S. The summed E-state index contributed by atoms with van der Waals surface area (Å²) in [5.41, 5.74) is 1.71. The van der Waals surface area contributed by atoms with Gasteiger partial charge in [-0.3, -0.25) is 9.36 Å². The molecule has 0 saturated carbocycles. The van der Waals surface area contributed by atoms with E-state index in [1.54, 1.807) is 14.2 Å². The van der Waals surface area contributed by atoms with E-state index in [9.17, 15) is 4.79 Å². The van der Waals surface area contributed by atoms with E-state index < -0.39 is 0 Å². The number of carbonyl (C=O) groups excluding carboxylic acids is 1. The molecule has 0 unspecified atom stereocenters. The molecule has 0 saturated heterocycles. The van der Waals surface area contributed by atoms with Crippen molar-refractivity contribution in [1.82, 2.24) is 14.8 Å². The van der Waals surface area contributed by atoms with E-state index in [0.29, 0.717) is 28.9 Å². The highest BCUT2D eigenvalue weighted by molar-refractivity contribution is 7.99. The van der Waals surface area contributed by atoms with Gasteiger partial charge in [-0.05, 0) is 36.4 Å². The van der Waals surface area contributed by atoms with Crippen molar-refractivity contribution in [2.24, 2.45) is 0 Å². The molecule has 6 nitrogen and oxygen atoms in total. The van der Waals surface area contributed by atoms with Crippen molar-refractivity contribution in [3.63, 3.8) is 0 Å². The number of carbonyl (C=O) groups is 1. The number of para-hydroxylation sites is 1. The Morgan fingerprint density at radius 2 is 1.78 bits per heavy atom. The first kappa shape index (κ1) is 19.0. The average Bonchev–Trinajstić information content (AvgIpc) is 3.15. The number of ether oxygens (including phenoxy) is 2. The minimum Gasteiger partial charge on any atom is -0.497 e. The molecule has 7 heteroatoms. The molecule has 0 N–H and O–H groups in total. The van der Waals surface area contributed by atoms with Crippen molar-refractivity contribution < 1.29 is 14.3 Å². The lowest BCUT2D eigenvalue weighted by Gasteiger charge is -2.12. The highest BCUT2D eigenvalue weighted by atomic mass is 32.2. The van der Waals surface area contributed by atoms with Gasteiger partial charge in [-0.15, -0.1) is 10.2 Å². The fourth-order valence-corrected chi connectivity index (χ4v) is 3.49. The van der Waals surface area contributed by atoms with Crippen LogP contribution in [0.2, 0.25) is 0 Å². The van der Waals surface area contributed by atoms with E-state index in [2.05, 4.69) is 10.2 Å². The molecule has 2 aromatic carbocycles. The van der Waals surface area contributed by atoms with Crippen molar-refractivity contribution in [3.05, 3.63) is 48.5 Å². The molecular weight excluding hydrogens is 362 g/mol. The van der Waals surface area contributed by atoms with Crippen LogP contribution in [0.5, 0.6) is 11.5 Å². The van der Waals surface area contributed by atoms with Crippen LogP contribution in [0.4, 0.5) is 0 Å². The second kappa shape index (κ2) is 8.73. The quantitative estimate of drug-likeness (QED) is 0.547. The highest BCUT2D eigenvalue weighted by Gasteiger charge is 2.19. The van der Waals surface area contributed by atoms with Gasteiger partial charge in [0.15, 0.2) is 11.0 Å². The Labute approximate surface area is 162 Å². The minimum atomic E-state index is 0.170. The third-order valence-corrected chi connectivity index (χ3v) is 5.06. The van der Waals surface area contributed by atoms with Crippen LogP contribution < -0.4 is 9.47 Å². The number of ketones is 1. The van der Waals surface area contributed by atoms with Crippen LogP contribution in [0.25, 0.3) is 17.1 Å². The predicted octanol–water partition coefficient (Wildman–Crippen LogP) is 4.02. The second-order valence-corrected chi connectivity index (χ2v) is 6.66. The fraction of sp³-hybridized carbons (Fsp3) is 0.250. The Morgan fingerprint density at radius 3 is 2.44 bits per heavy atom. The Morgan fingerprint density at radius 1 is 1.04 bits per heavy atom. The van der Waals surface area contributed by atoms with Crippen LogP contribution in [-0.2, 0) is 4.79 Å². The summed E-state index contributed by atoms with van der Waals surface area (Å²) in [6.45, 7) is 1.86. The summed E-state index contributed by atoms with van der Waals surface area (Å²) in [7, 11) is 3.26. The minimum absolute atomic E-state index is 0.170. The maximum atomic E-state index is 11.8. The zero-order valence-electron chi connectivity index (χ0n) is 15.5. The standard InChI is InChI=1S/C20H21N3O3S/c1-4-15(24)13-27-20-22-21-19(17-7-5-6-8-18(17)26-3)23(20)14-9-11-16(25-2)12-10-14/h5-12H,4,13H2,1-3H3. The summed E-state index contributed by atoms with van der Waals surface area (Å²) in [6.07, 6.45) is 0.503. The van der Waals surface area contributed by atoms with Crippen molar-refractivity contribution >= 4 is 17.5 Å². The Bertz CT molecular complexity index is 922. The first-order valence-electron chi connectivity index (χ1n) is 8.55. The first-order chi connectivity index (χ1) is 13.2. The van der Waals surface area contributed by atoms with Gasteiger partial charge in [-0.2, -0.15) is 0 Å². The van der Waals surface area contributed by atoms with E-state index in [1.807, 2.05) is 60.0 Å². The lowest BCUT2D eigenvalue weighted by molar-refractivity contribution is -0.116. The van der Waals surface area contributed by atoms with Gasteiger partial charge in [0, 0.05) is 6.42 Å². The topological polar surface area (TPSA) is 66.2 Å². The van der Waals surface area contributed by atoms with Gasteiger partial charge >= 0.3 is 0 Å². The van der Waals surface area contributed by atoms with E-state index in [4.69, 9.17) is 9.47 Å². The smallest absolute Gasteiger partial charge is 0.196 e. The molecule has 0 spiro atoms. The lowest BCUT2D eigenvalue weighted by atomic mass is 10.2. The van der Waals surface area contributed by atoms with Crippen LogP contribution in [0.1, 0.15) is 13.3 Å². The first-order valence-corrected chi connectivity index (χ1v) is 9.54. The number of rotatable bonds is 8. The number of Topliss-reactive ketones (excluding diaryl/α,β-unsaturated/α-hetero) is 1. The summed E-state index contributed by atoms with van der Waals surface area (Å²) in [6, 6.07) is 15.3.